The Morgan fingerprint density at radius 1 is 0.917 bits per heavy atom. The minimum atomic E-state index is -0.0132. The first-order valence-corrected chi connectivity index (χ1v) is 8.59. The second-order valence-electron chi connectivity index (χ2n) is 6.33. The van der Waals surface area contributed by atoms with Crippen LogP contribution in [0.15, 0.2) is 48.5 Å². The number of benzene rings is 2. The van der Waals surface area contributed by atoms with Crippen LogP contribution in [0.4, 0.5) is 5.69 Å². The van der Waals surface area contributed by atoms with E-state index in [9.17, 15) is 9.90 Å². The monoisotopic (exact) mass is 324 g/mol. The largest absolute Gasteiger partial charge is 0.508 e. The first kappa shape index (κ1) is 16.4. The molecule has 1 aliphatic rings. The van der Waals surface area contributed by atoms with Gasteiger partial charge < -0.3 is 15.3 Å². The summed E-state index contributed by atoms with van der Waals surface area (Å²) in [5.41, 5.74) is 3.27. The molecule has 4 nitrogen and oxygen atoms in total. The zero-order valence-electron chi connectivity index (χ0n) is 13.9. The zero-order valence-corrected chi connectivity index (χ0v) is 13.9. The summed E-state index contributed by atoms with van der Waals surface area (Å²) in [4.78, 5) is 14.4. The first-order valence-electron chi connectivity index (χ1n) is 8.59. The Bertz CT molecular complexity index is 659. The Morgan fingerprint density at radius 3 is 2.21 bits per heavy atom. The minimum absolute atomic E-state index is 0.0132. The van der Waals surface area contributed by atoms with E-state index in [0.29, 0.717) is 13.0 Å². The van der Waals surface area contributed by atoms with Crippen molar-refractivity contribution in [3.63, 3.8) is 0 Å². The second-order valence-corrected chi connectivity index (χ2v) is 6.33. The Morgan fingerprint density at radius 2 is 1.54 bits per heavy atom. The topological polar surface area (TPSA) is 52.6 Å². The van der Waals surface area contributed by atoms with E-state index >= 15 is 0 Å². The van der Waals surface area contributed by atoms with Gasteiger partial charge in [-0.1, -0.05) is 24.3 Å². The van der Waals surface area contributed by atoms with Crippen molar-refractivity contribution < 1.29 is 9.90 Å². The van der Waals surface area contributed by atoms with Crippen molar-refractivity contribution in [2.75, 3.05) is 18.0 Å². The molecular weight excluding hydrogens is 300 g/mol. The van der Waals surface area contributed by atoms with E-state index in [-0.39, 0.29) is 11.7 Å². The molecule has 1 aliphatic heterocycles. The van der Waals surface area contributed by atoms with Crippen molar-refractivity contribution in [1.29, 1.82) is 0 Å². The number of hydrogen-bond acceptors (Lipinski definition) is 3. The average Bonchev–Trinajstić information content (AvgIpc) is 2.63. The highest BCUT2D eigenvalue weighted by molar-refractivity contribution is 5.78. The SMILES string of the molecule is O=C(Cc1ccc(O)cc1)NCc1ccc(N2CCCCC2)cc1. The number of phenolic OH excluding ortho intramolecular Hbond substituents is 1. The summed E-state index contributed by atoms with van der Waals surface area (Å²) in [6.07, 6.45) is 4.21. The third-order valence-corrected chi connectivity index (χ3v) is 4.45. The molecule has 0 radical (unpaired) electrons. The van der Waals surface area contributed by atoms with E-state index in [1.165, 1.54) is 24.9 Å². The lowest BCUT2D eigenvalue weighted by Crippen LogP contribution is -2.29. The predicted molar refractivity (Wildman–Crippen MR) is 96.2 cm³/mol. The lowest BCUT2D eigenvalue weighted by atomic mass is 10.1. The summed E-state index contributed by atoms with van der Waals surface area (Å²) in [6.45, 7) is 2.82. The summed E-state index contributed by atoms with van der Waals surface area (Å²) in [6, 6.07) is 15.2. The quantitative estimate of drug-likeness (QED) is 0.888. The van der Waals surface area contributed by atoms with Crippen LogP contribution in [0.25, 0.3) is 0 Å². The normalized spacial score (nSPS) is 14.4. The van der Waals surface area contributed by atoms with E-state index in [2.05, 4.69) is 34.5 Å². The summed E-state index contributed by atoms with van der Waals surface area (Å²) in [5, 5.41) is 12.2. The molecule has 3 rings (SSSR count). The number of aromatic hydroxyl groups is 1. The van der Waals surface area contributed by atoms with Crippen molar-refractivity contribution in [3.8, 4) is 5.75 Å². The lowest BCUT2D eigenvalue weighted by Gasteiger charge is -2.28. The molecular formula is C20H24N2O2. The van der Waals surface area contributed by atoms with E-state index in [1.54, 1.807) is 24.3 Å². The molecule has 24 heavy (non-hydrogen) atoms. The molecule has 1 fully saturated rings. The fourth-order valence-corrected chi connectivity index (χ4v) is 3.04. The molecule has 2 N–H and O–H groups in total. The number of nitrogens with one attached hydrogen (secondary N) is 1. The van der Waals surface area contributed by atoms with Gasteiger partial charge >= 0.3 is 0 Å². The van der Waals surface area contributed by atoms with E-state index in [1.807, 2.05) is 0 Å². The van der Waals surface area contributed by atoms with Crippen LogP contribution in [0.3, 0.4) is 0 Å². The van der Waals surface area contributed by atoms with Gasteiger partial charge in [-0.3, -0.25) is 4.79 Å². The van der Waals surface area contributed by atoms with Gasteiger partial charge in [0.05, 0.1) is 6.42 Å². The molecule has 126 valence electrons. The Labute approximate surface area is 143 Å². The smallest absolute Gasteiger partial charge is 0.224 e. The standard InChI is InChI=1S/C20H24N2O2/c23-19-10-6-16(7-11-19)14-20(24)21-15-17-4-8-18(9-5-17)22-12-2-1-3-13-22/h4-11,23H,1-3,12-15H2,(H,21,24). The molecule has 0 bridgehead atoms. The molecule has 1 saturated heterocycles. The fourth-order valence-electron chi connectivity index (χ4n) is 3.04. The van der Waals surface area contributed by atoms with Gasteiger partial charge in [-0.05, 0) is 54.7 Å². The third-order valence-electron chi connectivity index (χ3n) is 4.45. The number of nitrogens with zero attached hydrogens (tertiary/aromatic N) is 1. The molecule has 0 aliphatic carbocycles. The van der Waals surface area contributed by atoms with Crippen LogP contribution in [0.1, 0.15) is 30.4 Å². The number of rotatable bonds is 5. The summed E-state index contributed by atoms with van der Waals surface area (Å²) >= 11 is 0. The highest BCUT2D eigenvalue weighted by Gasteiger charge is 2.10. The maximum atomic E-state index is 12.0. The van der Waals surface area contributed by atoms with Crippen molar-refractivity contribution in [1.82, 2.24) is 5.32 Å². The maximum absolute atomic E-state index is 12.0. The maximum Gasteiger partial charge on any atom is 0.224 e. The minimum Gasteiger partial charge on any atom is -0.508 e. The molecule has 1 heterocycles. The van der Waals surface area contributed by atoms with Gasteiger partial charge in [0.2, 0.25) is 5.91 Å². The van der Waals surface area contributed by atoms with Gasteiger partial charge in [0, 0.05) is 25.3 Å². The lowest BCUT2D eigenvalue weighted by molar-refractivity contribution is -0.120. The van der Waals surface area contributed by atoms with Gasteiger partial charge in [0.1, 0.15) is 5.75 Å². The van der Waals surface area contributed by atoms with E-state index < -0.39 is 0 Å². The van der Waals surface area contributed by atoms with Gasteiger partial charge in [-0.15, -0.1) is 0 Å². The van der Waals surface area contributed by atoms with Crippen molar-refractivity contribution >= 4 is 11.6 Å². The van der Waals surface area contributed by atoms with Crippen LogP contribution in [-0.4, -0.2) is 24.1 Å². The Kier molecular flexibility index (Phi) is 5.36. The molecule has 0 unspecified atom stereocenters. The molecule has 0 atom stereocenters. The van der Waals surface area contributed by atoms with Crippen LogP contribution in [0.2, 0.25) is 0 Å². The van der Waals surface area contributed by atoms with Crippen molar-refractivity contribution in [3.05, 3.63) is 59.7 Å². The molecule has 4 heteroatoms. The number of phenols is 1. The molecule has 1 amide bonds. The number of carbonyl (C=O) groups is 1. The zero-order chi connectivity index (χ0) is 16.8. The third kappa shape index (κ3) is 4.51. The molecule has 0 aromatic heterocycles. The summed E-state index contributed by atoms with van der Waals surface area (Å²) in [5.74, 6) is 0.203. The van der Waals surface area contributed by atoms with Gasteiger partial charge in [-0.2, -0.15) is 0 Å². The van der Waals surface area contributed by atoms with Crippen LogP contribution in [0.5, 0.6) is 5.75 Å². The molecule has 2 aromatic rings. The number of anilines is 1. The molecule has 0 saturated carbocycles. The van der Waals surface area contributed by atoms with Gasteiger partial charge in [0.25, 0.3) is 0 Å². The van der Waals surface area contributed by atoms with Gasteiger partial charge in [0.15, 0.2) is 0 Å². The fraction of sp³-hybridized carbons (Fsp3) is 0.350. The van der Waals surface area contributed by atoms with Crippen molar-refractivity contribution in [2.24, 2.45) is 0 Å². The summed E-state index contributed by atoms with van der Waals surface area (Å²) in [7, 11) is 0. The van der Waals surface area contributed by atoms with Gasteiger partial charge in [-0.25, -0.2) is 0 Å². The van der Waals surface area contributed by atoms with Crippen molar-refractivity contribution in [2.45, 2.75) is 32.2 Å². The number of amides is 1. The first-order chi connectivity index (χ1) is 11.7. The number of carbonyl (C=O) groups excluding carboxylic acids is 1. The predicted octanol–water partition coefficient (Wildman–Crippen LogP) is 3.24. The second kappa shape index (κ2) is 7.86. The number of piperidine rings is 1. The molecule has 2 aromatic carbocycles. The number of hydrogen-bond donors (Lipinski definition) is 2. The Hall–Kier alpha value is -2.49. The Balaban J connectivity index is 1.49. The van der Waals surface area contributed by atoms with Crippen LogP contribution < -0.4 is 10.2 Å². The highest BCUT2D eigenvalue weighted by Crippen LogP contribution is 2.20. The molecule has 0 spiro atoms. The van der Waals surface area contributed by atoms with E-state index in [0.717, 1.165) is 24.2 Å². The summed E-state index contributed by atoms with van der Waals surface area (Å²) < 4.78 is 0. The van der Waals surface area contributed by atoms with Crippen LogP contribution >= 0.6 is 0 Å². The van der Waals surface area contributed by atoms with Crippen LogP contribution in [-0.2, 0) is 17.8 Å². The average molecular weight is 324 g/mol. The van der Waals surface area contributed by atoms with Crippen LogP contribution in [0, 0.1) is 0 Å². The van der Waals surface area contributed by atoms with E-state index in [4.69, 9.17) is 0 Å². The highest BCUT2D eigenvalue weighted by atomic mass is 16.3.